The molecule has 0 radical (unpaired) electrons. The maximum Gasteiger partial charge on any atom is 0.221 e. The van der Waals surface area contributed by atoms with Crippen molar-refractivity contribution in [3.05, 3.63) is 0 Å². The molecule has 4 N–H and O–H groups in total. The predicted molar refractivity (Wildman–Crippen MR) is 334 cm³/mol. The number of nitrogens with zero attached hydrogens (tertiary/aromatic N) is 2. The Kier molecular flexibility index (Phi) is 61.5. The van der Waals surface area contributed by atoms with Gasteiger partial charge in [0.05, 0.1) is 0 Å². The lowest BCUT2D eigenvalue weighted by Gasteiger charge is -2.24. The van der Waals surface area contributed by atoms with Crippen molar-refractivity contribution in [2.75, 3.05) is 72.0 Å². The van der Waals surface area contributed by atoms with Crippen LogP contribution in [0.2, 0.25) is 0 Å². The van der Waals surface area contributed by atoms with Crippen molar-refractivity contribution < 1.29 is 19.2 Å². The average molecular weight is 1090 g/mol. The molecule has 0 aliphatic rings. The van der Waals surface area contributed by atoms with Crippen molar-refractivity contribution in [2.45, 2.75) is 336 Å². The maximum atomic E-state index is 13.1. The third kappa shape index (κ3) is 59.9. The highest BCUT2D eigenvalue weighted by Crippen LogP contribution is 2.15. The number of carbonyl (C=O) groups is 4. The van der Waals surface area contributed by atoms with Crippen molar-refractivity contribution in [3.63, 3.8) is 0 Å². The third-order valence-electron chi connectivity index (χ3n) is 15.9. The number of ketones is 1. The second kappa shape index (κ2) is 63.1. The molecule has 0 spiro atoms. The molecule has 3 amide bonds. The van der Waals surface area contributed by atoms with E-state index in [0.29, 0.717) is 57.5 Å². The minimum absolute atomic E-state index is 0.113. The number of carbonyl (C=O) groups excluding carboxylic acids is 4. The number of amides is 3. The SMILES string of the molecule is CCCCCCCCCCCCCC(=O)CCN(CCCCN(CCC(=O)NCCCCCCCCCCC)CCC(=O)NCCCCCCCCCCCC)CCCNCCC(=O)NCCCCCCCCCCCC. The fraction of sp³-hybridized carbons (Fsp3) is 0.940. The van der Waals surface area contributed by atoms with Gasteiger partial charge in [-0.3, -0.25) is 19.2 Å². The van der Waals surface area contributed by atoms with Gasteiger partial charge in [0.2, 0.25) is 17.7 Å². The van der Waals surface area contributed by atoms with Crippen LogP contribution in [0.25, 0.3) is 0 Å². The molecule has 456 valence electrons. The summed E-state index contributed by atoms with van der Waals surface area (Å²) in [6.07, 6.45) is 57.2. The molecule has 0 aromatic carbocycles. The first kappa shape index (κ1) is 75.0. The molecule has 77 heavy (non-hydrogen) atoms. The Morgan fingerprint density at radius 2 is 0.506 bits per heavy atom. The molecule has 0 saturated heterocycles. The van der Waals surface area contributed by atoms with Gasteiger partial charge in [-0.25, -0.2) is 0 Å². The van der Waals surface area contributed by atoms with E-state index < -0.39 is 0 Å². The molecule has 0 aliphatic heterocycles. The second-order valence-corrected chi connectivity index (χ2v) is 23.6. The van der Waals surface area contributed by atoms with Gasteiger partial charge in [-0.15, -0.1) is 0 Å². The van der Waals surface area contributed by atoms with E-state index in [2.05, 4.69) is 58.8 Å². The molecular weight excluding hydrogens is 953 g/mol. The summed E-state index contributed by atoms with van der Waals surface area (Å²) in [6.45, 7) is 17.7. The predicted octanol–water partition coefficient (Wildman–Crippen LogP) is 16.9. The number of nitrogens with one attached hydrogen (secondary N) is 4. The quantitative estimate of drug-likeness (QED) is 0.0448. The zero-order valence-corrected chi connectivity index (χ0v) is 52.2. The van der Waals surface area contributed by atoms with Crippen LogP contribution < -0.4 is 21.3 Å². The molecule has 0 rings (SSSR count). The van der Waals surface area contributed by atoms with Crippen LogP contribution in [0.15, 0.2) is 0 Å². The van der Waals surface area contributed by atoms with Crippen LogP contribution in [0.1, 0.15) is 336 Å². The smallest absolute Gasteiger partial charge is 0.221 e. The topological polar surface area (TPSA) is 123 Å². The Balaban J connectivity index is 5.06. The highest BCUT2D eigenvalue weighted by Gasteiger charge is 2.14. The van der Waals surface area contributed by atoms with Crippen molar-refractivity contribution >= 4 is 23.5 Å². The minimum Gasteiger partial charge on any atom is -0.356 e. The Labute approximate surface area is 479 Å². The minimum atomic E-state index is 0.113. The lowest BCUT2D eigenvalue weighted by atomic mass is 10.0. The number of unbranched alkanes of at least 4 members (excludes halogenated alkanes) is 37. The summed E-state index contributed by atoms with van der Waals surface area (Å²) < 4.78 is 0. The highest BCUT2D eigenvalue weighted by atomic mass is 16.2. The normalized spacial score (nSPS) is 11.6. The van der Waals surface area contributed by atoms with Gasteiger partial charge in [0.1, 0.15) is 5.78 Å². The molecule has 10 nitrogen and oxygen atoms in total. The number of hydrogen-bond acceptors (Lipinski definition) is 7. The third-order valence-corrected chi connectivity index (χ3v) is 15.9. The number of rotatable bonds is 65. The number of Topliss-reactive ketones (excluding diaryl/α,β-unsaturated/α-hetero) is 1. The summed E-state index contributed by atoms with van der Waals surface area (Å²) >= 11 is 0. The maximum absolute atomic E-state index is 13.1. The molecule has 0 atom stereocenters. The van der Waals surface area contributed by atoms with E-state index in [1.165, 1.54) is 225 Å². The molecular formula is C67H134N6O4. The monoisotopic (exact) mass is 1090 g/mol. The fourth-order valence-corrected chi connectivity index (χ4v) is 10.6. The van der Waals surface area contributed by atoms with Gasteiger partial charge in [-0.1, -0.05) is 259 Å². The standard InChI is InChI=1S/C67H134N6O4/c1-5-9-13-17-21-25-28-29-33-37-41-48-64(74)50-61-72(60-47-53-68-57-49-65(75)69-54-42-38-35-31-26-22-18-14-10-6-2)58-45-46-59-73(62-51-66(76)70-55-43-39-34-30-24-20-16-12-8-4)63-52-67(77)71-56-44-40-36-32-27-23-19-15-11-7-3/h68H,5-63H2,1-4H3,(H,69,75)(H,70,76)(H,71,77). The van der Waals surface area contributed by atoms with Gasteiger partial charge < -0.3 is 31.1 Å². The summed E-state index contributed by atoms with van der Waals surface area (Å²) in [5.74, 6) is 0.757. The summed E-state index contributed by atoms with van der Waals surface area (Å²) in [4.78, 5) is 56.5. The summed E-state index contributed by atoms with van der Waals surface area (Å²) in [6, 6.07) is 0. The average Bonchev–Trinajstić information content (AvgIpc) is 3.43. The van der Waals surface area contributed by atoms with Crippen molar-refractivity contribution in [1.29, 1.82) is 0 Å². The molecule has 0 unspecified atom stereocenters. The van der Waals surface area contributed by atoms with Gasteiger partial charge in [-0.05, 0) is 71.1 Å². The second-order valence-electron chi connectivity index (χ2n) is 23.6. The van der Waals surface area contributed by atoms with Crippen LogP contribution in [-0.2, 0) is 19.2 Å². The Hall–Kier alpha value is -2.04. The molecule has 0 heterocycles. The van der Waals surface area contributed by atoms with Crippen LogP contribution in [0.3, 0.4) is 0 Å². The van der Waals surface area contributed by atoms with Gasteiger partial charge in [-0.2, -0.15) is 0 Å². The van der Waals surface area contributed by atoms with E-state index in [1.54, 1.807) is 0 Å². The van der Waals surface area contributed by atoms with Crippen molar-refractivity contribution in [2.24, 2.45) is 0 Å². The van der Waals surface area contributed by atoms with Gasteiger partial charge in [0.15, 0.2) is 0 Å². The fourth-order valence-electron chi connectivity index (χ4n) is 10.6. The van der Waals surface area contributed by atoms with Crippen LogP contribution in [0, 0.1) is 0 Å². The molecule has 10 heteroatoms. The first-order valence-electron chi connectivity index (χ1n) is 34.3. The first-order chi connectivity index (χ1) is 37.9. The summed E-state index contributed by atoms with van der Waals surface area (Å²) in [5.41, 5.74) is 0. The molecule has 0 aliphatic carbocycles. The van der Waals surface area contributed by atoms with E-state index in [4.69, 9.17) is 0 Å². The number of hydrogen-bond donors (Lipinski definition) is 4. The van der Waals surface area contributed by atoms with Crippen molar-refractivity contribution in [1.82, 2.24) is 31.1 Å². The first-order valence-corrected chi connectivity index (χ1v) is 34.3. The van der Waals surface area contributed by atoms with Gasteiger partial charge in [0, 0.05) is 77.9 Å². The molecule has 0 bridgehead atoms. The van der Waals surface area contributed by atoms with Crippen LogP contribution in [0.4, 0.5) is 0 Å². The Bertz CT molecular complexity index is 1250. The van der Waals surface area contributed by atoms with E-state index in [0.717, 1.165) is 104 Å². The molecule has 0 fully saturated rings. The molecule has 0 aromatic rings. The molecule has 0 aromatic heterocycles. The van der Waals surface area contributed by atoms with E-state index in [9.17, 15) is 19.2 Å². The van der Waals surface area contributed by atoms with Gasteiger partial charge >= 0.3 is 0 Å². The Morgan fingerprint density at radius 1 is 0.234 bits per heavy atom. The summed E-state index contributed by atoms with van der Waals surface area (Å²) in [5, 5.41) is 13.0. The summed E-state index contributed by atoms with van der Waals surface area (Å²) in [7, 11) is 0. The van der Waals surface area contributed by atoms with Crippen molar-refractivity contribution in [3.8, 4) is 0 Å². The van der Waals surface area contributed by atoms with Crippen LogP contribution in [0.5, 0.6) is 0 Å². The zero-order valence-electron chi connectivity index (χ0n) is 52.2. The Morgan fingerprint density at radius 3 is 0.857 bits per heavy atom. The van der Waals surface area contributed by atoms with Gasteiger partial charge in [0.25, 0.3) is 0 Å². The lowest BCUT2D eigenvalue weighted by molar-refractivity contribution is -0.122. The zero-order chi connectivity index (χ0) is 56.0. The molecule has 0 saturated carbocycles. The highest BCUT2D eigenvalue weighted by molar-refractivity contribution is 5.78. The van der Waals surface area contributed by atoms with E-state index in [1.807, 2.05) is 0 Å². The van der Waals surface area contributed by atoms with E-state index >= 15 is 0 Å². The van der Waals surface area contributed by atoms with Crippen LogP contribution in [-0.4, -0.2) is 105 Å². The lowest BCUT2D eigenvalue weighted by Crippen LogP contribution is -2.36. The van der Waals surface area contributed by atoms with Crippen LogP contribution >= 0.6 is 0 Å². The largest absolute Gasteiger partial charge is 0.356 e. The van der Waals surface area contributed by atoms with E-state index in [-0.39, 0.29) is 17.7 Å².